The Balaban J connectivity index is 2.87. The van der Waals surface area contributed by atoms with Crippen LogP contribution in [0.25, 0.3) is 10.9 Å². The van der Waals surface area contributed by atoms with Gasteiger partial charge in [-0.2, -0.15) is 0 Å². The lowest BCUT2D eigenvalue weighted by atomic mass is 9.98. The normalized spacial score (nSPS) is 10.9. The minimum atomic E-state index is -0.517. The second-order valence-electron chi connectivity index (χ2n) is 4.47. The predicted molar refractivity (Wildman–Crippen MR) is 71.7 cm³/mol. The molecule has 0 fully saturated rings. The summed E-state index contributed by atoms with van der Waals surface area (Å²) in [7, 11) is 1.31. The summed E-state index contributed by atoms with van der Waals surface area (Å²) < 4.78 is 6.08. The molecule has 1 aromatic carbocycles. The molecular weight excluding hydrogens is 246 g/mol. The maximum Gasteiger partial charge on any atom is 0.418 e. The van der Waals surface area contributed by atoms with E-state index in [1.54, 1.807) is 6.20 Å². The summed E-state index contributed by atoms with van der Waals surface area (Å²) >= 11 is 0. The summed E-state index contributed by atoms with van der Waals surface area (Å²) in [5.74, 6) is 0.128. The van der Waals surface area contributed by atoms with E-state index in [9.17, 15) is 9.90 Å². The zero-order valence-corrected chi connectivity index (χ0v) is 11.2. The first-order chi connectivity index (χ1) is 9.02. The topological polar surface area (TPSA) is 71.7 Å². The van der Waals surface area contributed by atoms with Crippen LogP contribution in [-0.2, 0) is 11.2 Å². The molecule has 0 radical (unpaired) electrons. The largest absolute Gasteiger partial charge is 0.507 e. The van der Waals surface area contributed by atoms with Crippen LogP contribution >= 0.6 is 0 Å². The SMILES string of the molecule is COC(=O)n1ccc2c(C)c(C)c(O)c(CCO)c21. The zero-order valence-electron chi connectivity index (χ0n) is 11.2. The van der Waals surface area contributed by atoms with E-state index in [0.29, 0.717) is 11.1 Å². The van der Waals surface area contributed by atoms with Crippen molar-refractivity contribution >= 4 is 17.0 Å². The second kappa shape index (κ2) is 4.93. The number of fused-ring (bicyclic) bond motifs is 1. The molecule has 0 bridgehead atoms. The van der Waals surface area contributed by atoms with Gasteiger partial charge in [0.2, 0.25) is 0 Å². The van der Waals surface area contributed by atoms with Crippen LogP contribution in [0.15, 0.2) is 12.3 Å². The number of hydrogen-bond donors (Lipinski definition) is 2. The van der Waals surface area contributed by atoms with Crippen molar-refractivity contribution in [3.63, 3.8) is 0 Å². The van der Waals surface area contributed by atoms with Gasteiger partial charge in [0.05, 0.1) is 12.6 Å². The van der Waals surface area contributed by atoms with Crippen LogP contribution in [0, 0.1) is 13.8 Å². The summed E-state index contributed by atoms with van der Waals surface area (Å²) in [6, 6.07) is 1.81. The van der Waals surface area contributed by atoms with E-state index >= 15 is 0 Å². The molecule has 0 aliphatic carbocycles. The first-order valence-electron chi connectivity index (χ1n) is 6.04. The van der Waals surface area contributed by atoms with Crippen LogP contribution < -0.4 is 0 Å². The third-order valence-electron chi connectivity index (χ3n) is 3.51. The van der Waals surface area contributed by atoms with Crippen molar-refractivity contribution in [2.24, 2.45) is 0 Å². The molecule has 0 aliphatic rings. The van der Waals surface area contributed by atoms with Crippen LogP contribution in [0.4, 0.5) is 4.79 Å². The van der Waals surface area contributed by atoms with Gasteiger partial charge in [0.1, 0.15) is 5.75 Å². The number of phenols is 1. The number of nitrogens with zero attached hydrogens (tertiary/aromatic N) is 1. The number of aromatic nitrogens is 1. The molecule has 0 spiro atoms. The van der Waals surface area contributed by atoms with E-state index in [0.717, 1.165) is 16.5 Å². The number of carbonyl (C=O) groups excluding carboxylic acids is 1. The van der Waals surface area contributed by atoms with Gasteiger partial charge >= 0.3 is 6.09 Å². The standard InChI is InChI=1S/C14H17NO4/c1-8-9(2)13(17)11(5-7-16)12-10(8)4-6-15(12)14(18)19-3/h4,6,16-17H,5,7H2,1-3H3. The number of phenolic OH excluding ortho intramolecular Hbond substituents is 1. The fourth-order valence-electron chi connectivity index (χ4n) is 2.36. The summed E-state index contributed by atoms with van der Waals surface area (Å²) in [5.41, 5.74) is 2.84. The minimum absolute atomic E-state index is 0.0997. The molecule has 5 nitrogen and oxygen atoms in total. The number of aryl methyl sites for hydroxylation is 1. The molecule has 2 N–H and O–H groups in total. The van der Waals surface area contributed by atoms with E-state index in [2.05, 4.69) is 0 Å². The fourth-order valence-corrected chi connectivity index (χ4v) is 2.36. The van der Waals surface area contributed by atoms with Gasteiger partial charge in [-0.15, -0.1) is 0 Å². The molecule has 0 saturated heterocycles. The van der Waals surface area contributed by atoms with Crippen molar-refractivity contribution in [1.29, 1.82) is 0 Å². The summed E-state index contributed by atoms with van der Waals surface area (Å²) in [5, 5.41) is 20.3. The maximum absolute atomic E-state index is 11.7. The highest BCUT2D eigenvalue weighted by Gasteiger charge is 2.19. The van der Waals surface area contributed by atoms with Gasteiger partial charge in [-0.25, -0.2) is 4.79 Å². The van der Waals surface area contributed by atoms with Gasteiger partial charge < -0.3 is 14.9 Å². The van der Waals surface area contributed by atoms with Crippen LogP contribution in [0.3, 0.4) is 0 Å². The highest BCUT2D eigenvalue weighted by Crippen LogP contribution is 2.35. The quantitative estimate of drug-likeness (QED) is 0.870. The Hall–Kier alpha value is -2.01. The Morgan fingerprint density at radius 1 is 1.37 bits per heavy atom. The van der Waals surface area contributed by atoms with Crippen molar-refractivity contribution in [2.75, 3.05) is 13.7 Å². The summed E-state index contributed by atoms with van der Waals surface area (Å²) in [6.07, 6.45) is 1.38. The Labute approximate surface area is 111 Å². The molecule has 2 aromatic rings. The first-order valence-corrected chi connectivity index (χ1v) is 6.04. The lowest BCUT2D eigenvalue weighted by Gasteiger charge is -2.14. The monoisotopic (exact) mass is 263 g/mol. The molecule has 0 unspecified atom stereocenters. The first kappa shape index (κ1) is 13.4. The lowest BCUT2D eigenvalue weighted by Crippen LogP contribution is -2.11. The number of rotatable bonds is 2. The number of aliphatic hydroxyl groups excluding tert-OH is 1. The van der Waals surface area contributed by atoms with Gasteiger partial charge in [0, 0.05) is 30.2 Å². The number of benzene rings is 1. The van der Waals surface area contributed by atoms with E-state index in [4.69, 9.17) is 9.84 Å². The maximum atomic E-state index is 11.7. The summed E-state index contributed by atoms with van der Waals surface area (Å²) in [6.45, 7) is 3.61. The van der Waals surface area contributed by atoms with Crippen molar-refractivity contribution in [3.05, 3.63) is 29.0 Å². The lowest BCUT2D eigenvalue weighted by molar-refractivity contribution is 0.174. The van der Waals surface area contributed by atoms with Gasteiger partial charge in [0.15, 0.2) is 0 Å². The number of aliphatic hydroxyl groups is 1. The molecule has 0 saturated carbocycles. The number of ether oxygens (including phenoxy) is 1. The highest BCUT2D eigenvalue weighted by atomic mass is 16.5. The second-order valence-corrected chi connectivity index (χ2v) is 4.47. The highest BCUT2D eigenvalue weighted by molar-refractivity contribution is 5.95. The van der Waals surface area contributed by atoms with Crippen LogP contribution in [-0.4, -0.2) is 34.6 Å². The third-order valence-corrected chi connectivity index (χ3v) is 3.51. The average Bonchev–Trinajstić information content (AvgIpc) is 2.85. The summed E-state index contributed by atoms with van der Waals surface area (Å²) in [4.78, 5) is 11.7. The van der Waals surface area contributed by atoms with Crippen LogP contribution in [0.2, 0.25) is 0 Å². The minimum Gasteiger partial charge on any atom is -0.507 e. The molecule has 0 amide bonds. The molecule has 0 aliphatic heterocycles. The Morgan fingerprint density at radius 2 is 2.05 bits per heavy atom. The van der Waals surface area contributed by atoms with Crippen molar-refractivity contribution in [2.45, 2.75) is 20.3 Å². The van der Waals surface area contributed by atoms with E-state index < -0.39 is 6.09 Å². The van der Waals surface area contributed by atoms with Crippen molar-refractivity contribution in [3.8, 4) is 5.75 Å². The average molecular weight is 263 g/mol. The molecule has 102 valence electrons. The van der Waals surface area contributed by atoms with E-state index in [1.807, 2.05) is 19.9 Å². The number of hydrogen-bond acceptors (Lipinski definition) is 4. The zero-order chi connectivity index (χ0) is 14.2. The van der Waals surface area contributed by atoms with Gasteiger partial charge in [-0.05, 0) is 31.0 Å². The molecule has 2 rings (SSSR count). The van der Waals surface area contributed by atoms with Crippen molar-refractivity contribution in [1.82, 2.24) is 4.57 Å². The molecule has 0 atom stereocenters. The molecule has 5 heteroatoms. The van der Waals surface area contributed by atoms with Crippen LogP contribution in [0.1, 0.15) is 16.7 Å². The Bertz CT molecular complexity index is 643. The Morgan fingerprint density at radius 3 is 2.63 bits per heavy atom. The van der Waals surface area contributed by atoms with Gasteiger partial charge in [0.25, 0.3) is 0 Å². The smallest absolute Gasteiger partial charge is 0.418 e. The predicted octanol–water partition coefficient (Wildman–Crippen LogP) is 2.11. The number of carbonyl (C=O) groups is 1. The molecule has 1 heterocycles. The van der Waals surface area contributed by atoms with E-state index in [1.165, 1.54) is 11.7 Å². The molecule has 19 heavy (non-hydrogen) atoms. The van der Waals surface area contributed by atoms with Crippen molar-refractivity contribution < 1.29 is 19.7 Å². The van der Waals surface area contributed by atoms with Crippen LogP contribution in [0.5, 0.6) is 5.75 Å². The number of aromatic hydroxyl groups is 1. The molecular formula is C14H17NO4. The fraction of sp³-hybridized carbons (Fsp3) is 0.357. The number of methoxy groups -OCH3 is 1. The Kier molecular flexibility index (Phi) is 3.48. The van der Waals surface area contributed by atoms with E-state index in [-0.39, 0.29) is 18.8 Å². The third kappa shape index (κ3) is 1.96. The van der Waals surface area contributed by atoms with Gasteiger partial charge in [-0.3, -0.25) is 4.57 Å². The van der Waals surface area contributed by atoms with Gasteiger partial charge in [-0.1, -0.05) is 0 Å². The molecule has 1 aromatic heterocycles.